The first kappa shape index (κ1) is 11.6. The van der Waals surface area contributed by atoms with E-state index in [1.165, 1.54) is 0 Å². The molecule has 0 aromatic heterocycles. The lowest BCUT2D eigenvalue weighted by Gasteiger charge is -2.21. The fraction of sp³-hybridized carbons (Fsp3) is 0.417. The number of rotatable bonds is 2. The van der Waals surface area contributed by atoms with Crippen molar-refractivity contribution in [2.45, 2.75) is 13.8 Å². The maximum Gasteiger partial charge on any atom is 0.223 e. The molecule has 0 radical (unpaired) electrons. The van der Waals surface area contributed by atoms with Crippen LogP contribution in [0.15, 0.2) is 18.2 Å². The highest BCUT2D eigenvalue weighted by Crippen LogP contribution is 2.24. The molecule has 1 aromatic rings. The van der Waals surface area contributed by atoms with Gasteiger partial charge in [0.1, 0.15) is 0 Å². The Hall–Kier alpha value is -1.51. The van der Waals surface area contributed by atoms with Gasteiger partial charge in [-0.25, -0.2) is 0 Å². The summed E-state index contributed by atoms with van der Waals surface area (Å²) in [7, 11) is 5.77. The predicted molar refractivity (Wildman–Crippen MR) is 64.6 cm³/mol. The first-order chi connectivity index (χ1) is 6.93. The SMILES string of the molecule is CC(=O)N(C)c1cc(N(C)C)ccc1C. The monoisotopic (exact) mass is 206 g/mol. The summed E-state index contributed by atoms with van der Waals surface area (Å²) >= 11 is 0. The van der Waals surface area contributed by atoms with Gasteiger partial charge in [-0.05, 0) is 24.6 Å². The second-order valence-corrected chi connectivity index (χ2v) is 3.94. The quantitative estimate of drug-likeness (QED) is 0.739. The third kappa shape index (κ3) is 2.49. The van der Waals surface area contributed by atoms with Crippen LogP contribution in [0.5, 0.6) is 0 Å². The van der Waals surface area contributed by atoms with Gasteiger partial charge in [-0.3, -0.25) is 4.79 Å². The molecule has 0 bridgehead atoms. The molecule has 0 atom stereocenters. The Morgan fingerprint density at radius 3 is 2.27 bits per heavy atom. The lowest BCUT2D eigenvalue weighted by Crippen LogP contribution is -2.24. The fourth-order valence-electron chi connectivity index (χ4n) is 1.41. The largest absolute Gasteiger partial charge is 0.378 e. The van der Waals surface area contributed by atoms with E-state index in [2.05, 4.69) is 0 Å². The zero-order valence-corrected chi connectivity index (χ0v) is 10.0. The Morgan fingerprint density at radius 1 is 1.20 bits per heavy atom. The van der Waals surface area contributed by atoms with E-state index in [0.29, 0.717) is 0 Å². The predicted octanol–water partition coefficient (Wildman–Crippen LogP) is 2.04. The Labute approximate surface area is 91.3 Å². The third-order valence-corrected chi connectivity index (χ3v) is 2.54. The number of carbonyl (C=O) groups excluding carboxylic acids is 1. The molecular formula is C12H18N2O. The molecule has 0 saturated heterocycles. The van der Waals surface area contributed by atoms with Crippen molar-refractivity contribution in [3.63, 3.8) is 0 Å². The van der Waals surface area contributed by atoms with Crippen LogP contribution >= 0.6 is 0 Å². The highest BCUT2D eigenvalue weighted by Gasteiger charge is 2.09. The highest BCUT2D eigenvalue weighted by molar-refractivity contribution is 5.92. The van der Waals surface area contributed by atoms with Gasteiger partial charge in [-0.2, -0.15) is 0 Å². The summed E-state index contributed by atoms with van der Waals surface area (Å²) in [5.41, 5.74) is 3.18. The zero-order chi connectivity index (χ0) is 11.6. The minimum Gasteiger partial charge on any atom is -0.378 e. The van der Waals surface area contributed by atoms with E-state index in [1.54, 1.807) is 18.9 Å². The number of carbonyl (C=O) groups is 1. The van der Waals surface area contributed by atoms with Crippen LogP contribution in [0.4, 0.5) is 11.4 Å². The molecule has 1 amide bonds. The van der Waals surface area contributed by atoms with Crippen LogP contribution in [0.3, 0.4) is 0 Å². The summed E-state index contributed by atoms with van der Waals surface area (Å²) in [6.07, 6.45) is 0. The topological polar surface area (TPSA) is 23.6 Å². The van der Waals surface area contributed by atoms with E-state index in [0.717, 1.165) is 16.9 Å². The fourth-order valence-corrected chi connectivity index (χ4v) is 1.41. The van der Waals surface area contributed by atoms with Gasteiger partial charge < -0.3 is 9.80 Å². The summed E-state index contributed by atoms with van der Waals surface area (Å²) in [6, 6.07) is 6.10. The van der Waals surface area contributed by atoms with Gasteiger partial charge >= 0.3 is 0 Å². The van der Waals surface area contributed by atoms with E-state index >= 15 is 0 Å². The summed E-state index contributed by atoms with van der Waals surface area (Å²) in [5.74, 6) is 0.0500. The van der Waals surface area contributed by atoms with Crippen molar-refractivity contribution in [1.29, 1.82) is 0 Å². The molecule has 0 aliphatic heterocycles. The van der Waals surface area contributed by atoms with Gasteiger partial charge in [0, 0.05) is 39.4 Å². The Kier molecular flexibility index (Phi) is 3.35. The molecule has 0 N–H and O–H groups in total. The van der Waals surface area contributed by atoms with Gasteiger partial charge in [-0.15, -0.1) is 0 Å². The van der Waals surface area contributed by atoms with E-state index in [4.69, 9.17) is 0 Å². The maximum absolute atomic E-state index is 11.3. The van der Waals surface area contributed by atoms with Gasteiger partial charge in [0.15, 0.2) is 0 Å². The zero-order valence-electron chi connectivity index (χ0n) is 10.0. The van der Waals surface area contributed by atoms with Crippen LogP contribution in [0.2, 0.25) is 0 Å². The number of aryl methyl sites for hydroxylation is 1. The molecule has 0 saturated carbocycles. The van der Waals surface area contributed by atoms with Crippen LogP contribution in [-0.2, 0) is 4.79 Å². The van der Waals surface area contributed by atoms with Crippen molar-refractivity contribution < 1.29 is 4.79 Å². The van der Waals surface area contributed by atoms with Crippen molar-refractivity contribution >= 4 is 17.3 Å². The van der Waals surface area contributed by atoms with Crippen molar-refractivity contribution in [2.24, 2.45) is 0 Å². The Bertz CT molecular complexity index is 372. The second-order valence-electron chi connectivity index (χ2n) is 3.94. The molecule has 1 aromatic carbocycles. The van der Waals surface area contributed by atoms with E-state index in [1.807, 2.05) is 44.1 Å². The Balaban J connectivity index is 3.16. The van der Waals surface area contributed by atoms with Gasteiger partial charge in [0.25, 0.3) is 0 Å². The lowest BCUT2D eigenvalue weighted by atomic mass is 10.1. The third-order valence-electron chi connectivity index (χ3n) is 2.54. The van der Waals surface area contributed by atoms with E-state index in [9.17, 15) is 4.79 Å². The molecule has 0 spiro atoms. The number of hydrogen-bond donors (Lipinski definition) is 0. The summed E-state index contributed by atoms with van der Waals surface area (Å²) in [6.45, 7) is 3.58. The summed E-state index contributed by atoms with van der Waals surface area (Å²) in [5, 5.41) is 0. The van der Waals surface area contributed by atoms with Gasteiger partial charge in [0.2, 0.25) is 5.91 Å². The van der Waals surface area contributed by atoms with Crippen molar-refractivity contribution in [3.8, 4) is 0 Å². The molecule has 82 valence electrons. The van der Waals surface area contributed by atoms with Crippen molar-refractivity contribution in [1.82, 2.24) is 0 Å². The highest BCUT2D eigenvalue weighted by atomic mass is 16.2. The average molecular weight is 206 g/mol. The number of anilines is 2. The first-order valence-corrected chi connectivity index (χ1v) is 4.95. The molecule has 3 heteroatoms. The van der Waals surface area contributed by atoms with Crippen LogP contribution in [0, 0.1) is 6.92 Å². The molecule has 1 rings (SSSR count). The maximum atomic E-state index is 11.3. The smallest absolute Gasteiger partial charge is 0.223 e. The summed E-state index contributed by atoms with van der Waals surface area (Å²) in [4.78, 5) is 15.0. The second kappa shape index (κ2) is 4.34. The van der Waals surface area contributed by atoms with Crippen LogP contribution < -0.4 is 9.80 Å². The number of hydrogen-bond acceptors (Lipinski definition) is 2. The van der Waals surface area contributed by atoms with Gasteiger partial charge in [0.05, 0.1) is 0 Å². The van der Waals surface area contributed by atoms with Crippen molar-refractivity contribution in [3.05, 3.63) is 23.8 Å². The number of benzene rings is 1. The molecule has 0 aliphatic carbocycles. The lowest BCUT2D eigenvalue weighted by molar-refractivity contribution is -0.116. The molecule has 15 heavy (non-hydrogen) atoms. The molecule has 3 nitrogen and oxygen atoms in total. The van der Waals surface area contributed by atoms with E-state index < -0.39 is 0 Å². The molecule has 0 fully saturated rings. The minimum absolute atomic E-state index is 0.0500. The first-order valence-electron chi connectivity index (χ1n) is 4.95. The van der Waals surface area contributed by atoms with Crippen LogP contribution in [0.1, 0.15) is 12.5 Å². The number of amides is 1. The van der Waals surface area contributed by atoms with Crippen LogP contribution in [-0.4, -0.2) is 27.1 Å². The van der Waals surface area contributed by atoms with E-state index in [-0.39, 0.29) is 5.91 Å². The molecule has 0 aliphatic rings. The molecular weight excluding hydrogens is 188 g/mol. The average Bonchev–Trinajstić information content (AvgIpc) is 2.16. The number of nitrogens with zero attached hydrogens (tertiary/aromatic N) is 2. The minimum atomic E-state index is 0.0500. The summed E-state index contributed by atoms with van der Waals surface area (Å²) < 4.78 is 0. The standard InChI is InChI=1S/C12H18N2O/c1-9-6-7-11(13(3)4)8-12(9)14(5)10(2)15/h6-8H,1-5H3. The van der Waals surface area contributed by atoms with Crippen molar-refractivity contribution in [2.75, 3.05) is 30.9 Å². The van der Waals surface area contributed by atoms with Gasteiger partial charge in [-0.1, -0.05) is 6.07 Å². The van der Waals surface area contributed by atoms with Crippen LogP contribution in [0.25, 0.3) is 0 Å². The normalized spacial score (nSPS) is 9.93. The molecule has 0 heterocycles. The molecule has 0 unspecified atom stereocenters. The Morgan fingerprint density at radius 2 is 1.80 bits per heavy atom.